The second-order valence-corrected chi connectivity index (χ2v) is 20.5. The largest absolute Gasteiger partial charge is 0.391 e. The number of nitrogens with one attached hydrogen (secondary N) is 4. The Kier molecular flexibility index (Phi) is 16.1. The summed E-state index contributed by atoms with van der Waals surface area (Å²) in [4.78, 5) is 91.7. The summed E-state index contributed by atoms with van der Waals surface area (Å²) >= 11 is 9.05. The first-order chi connectivity index (χ1) is 32.4. The third kappa shape index (κ3) is 12.5. The summed E-state index contributed by atoms with van der Waals surface area (Å²) in [6.07, 6.45) is 2.06. The van der Waals surface area contributed by atoms with Crippen molar-refractivity contribution in [1.29, 1.82) is 0 Å². The highest BCUT2D eigenvalue weighted by molar-refractivity contribution is 7.17. The molecule has 5 N–H and O–H groups in total. The molecule has 0 saturated carbocycles. The number of unbranched alkanes of at least 4 members (excludes halogenated alkanes) is 1. The van der Waals surface area contributed by atoms with Crippen LogP contribution in [0.5, 0.6) is 0 Å². The van der Waals surface area contributed by atoms with Gasteiger partial charge in [-0.1, -0.05) is 80.1 Å². The zero-order chi connectivity index (χ0) is 48.7. The number of benzene rings is 2. The number of hydrogen-bond donors (Lipinski definition) is 5. The first-order valence-corrected chi connectivity index (χ1v) is 24.7. The molecule has 3 aromatic heterocycles. The van der Waals surface area contributed by atoms with Crippen LogP contribution in [-0.4, -0.2) is 115 Å². The van der Waals surface area contributed by atoms with Crippen LogP contribution in [0, 0.1) is 26.2 Å². The van der Waals surface area contributed by atoms with Crippen LogP contribution in [0.1, 0.15) is 85.2 Å². The highest BCUT2D eigenvalue weighted by Gasteiger charge is 2.44. The van der Waals surface area contributed by atoms with Gasteiger partial charge in [0.05, 0.1) is 39.1 Å². The van der Waals surface area contributed by atoms with Crippen molar-refractivity contribution in [2.24, 2.45) is 5.41 Å². The lowest BCUT2D eigenvalue weighted by molar-refractivity contribution is -0.144. The molecule has 0 bridgehead atoms. The van der Waals surface area contributed by atoms with Gasteiger partial charge in [0.2, 0.25) is 23.6 Å². The number of amides is 5. The molecule has 3 atom stereocenters. The number of likely N-dealkylation sites (tertiary alicyclic amines) is 1. The van der Waals surface area contributed by atoms with Gasteiger partial charge in [-0.3, -0.25) is 24.0 Å². The molecule has 2 aromatic carbocycles. The molecule has 20 heteroatoms. The summed E-state index contributed by atoms with van der Waals surface area (Å²) in [5, 5.41) is 23.5. The van der Waals surface area contributed by atoms with Crippen LogP contribution in [0.4, 0.5) is 22.5 Å². The number of aryl methyl sites for hydroxylation is 3. The zero-order valence-electron chi connectivity index (χ0n) is 39.1. The van der Waals surface area contributed by atoms with E-state index in [0.29, 0.717) is 77.2 Å². The number of hydrogen-bond acceptors (Lipinski definition) is 14. The summed E-state index contributed by atoms with van der Waals surface area (Å²) in [6.45, 7) is 13.5. The minimum Gasteiger partial charge on any atom is -0.391 e. The van der Waals surface area contributed by atoms with Crippen LogP contribution in [0.3, 0.4) is 0 Å². The number of aliphatic hydroxyl groups excluding tert-OH is 1. The number of nitrogens with zero attached hydrogens (tertiary/aromatic N) is 7. The van der Waals surface area contributed by atoms with E-state index in [1.165, 1.54) is 22.4 Å². The minimum absolute atomic E-state index is 0.00210. The van der Waals surface area contributed by atoms with Gasteiger partial charge in [0.1, 0.15) is 34.4 Å². The van der Waals surface area contributed by atoms with Crippen molar-refractivity contribution < 1.29 is 29.1 Å². The van der Waals surface area contributed by atoms with Gasteiger partial charge in [0, 0.05) is 64.6 Å². The molecule has 0 radical (unpaired) electrons. The quantitative estimate of drug-likeness (QED) is 0.0658. The van der Waals surface area contributed by atoms with Crippen molar-refractivity contribution in [3.63, 3.8) is 0 Å². The average molecular weight is 985 g/mol. The van der Waals surface area contributed by atoms with Crippen molar-refractivity contribution in [1.82, 2.24) is 40.4 Å². The van der Waals surface area contributed by atoms with E-state index < -0.39 is 29.5 Å². The highest BCUT2D eigenvalue weighted by Crippen LogP contribution is 2.31. The Labute approximate surface area is 409 Å². The highest BCUT2D eigenvalue weighted by atomic mass is 35.5. The normalized spacial score (nSPS) is 16.6. The third-order valence-corrected chi connectivity index (χ3v) is 14.2. The SMILES string of the molecule is Cc1nc(Nc2ncc(C(=O)Nc3c(C)cccc3Cl)s2)cc(N2CCN(C(=O)CCCCC(=O)NC(C(=O)N3CC(O)CC3C(=O)NCc3ccc(-c4scnc4C)cc3)C(C)(C)C)CC2)n1. The van der Waals surface area contributed by atoms with Crippen LogP contribution < -0.4 is 26.2 Å². The molecular weight excluding hydrogens is 926 g/mol. The molecule has 5 amide bonds. The molecule has 360 valence electrons. The van der Waals surface area contributed by atoms with Crippen molar-refractivity contribution >= 4 is 86.3 Å². The summed E-state index contributed by atoms with van der Waals surface area (Å²) in [6, 6.07) is 13.3. The standard InChI is InChI=1S/C48H58ClN11O6S2/c1-28-10-9-11-34(49)41(28)57-45(65)36-25-51-47(68-36)55-37-23-38(54-30(3)53-37)58-18-20-59(21-19-58)40(63)13-8-7-12-39(62)56-43(48(4,5)6)46(66)60-26-33(61)22-35(60)44(64)50-24-31-14-16-32(17-15-31)42-29(2)52-27-67-42/h9-11,14-17,23,25,27,33,35,43,61H,7-8,12-13,18-22,24,26H2,1-6H3,(H,50,64)(H,56,62)(H,57,65)(H,51,53,54,55). The number of rotatable bonds is 16. The summed E-state index contributed by atoms with van der Waals surface area (Å²) in [5.74, 6) is 0.337. The van der Waals surface area contributed by atoms with Crippen molar-refractivity contribution in [3.8, 4) is 10.4 Å². The van der Waals surface area contributed by atoms with Crippen LogP contribution in [0.15, 0.2) is 60.2 Å². The summed E-state index contributed by atoms with van der Waals surface area (Å²) < 4.78 is 0. The number of carbonyl (C=O) groups excluding carboxylic acids is 5. The van der Waals surface area contributed by atoms with Gasteiger partial charge >= 0.3 is 0 Å². The van der Waals surface area contributed by atoms with E-state index in [9.17, 15) is 29.1 Å². The number of β-amino-alcohol motifs (C(OH)–C–C–N with tert-alkyl or cyclic N) is 1. The topological polar surface area (TPSA) is 215 Å². The van der Waals surface area contributed by atoms with E-state index in [1.54, 1.807) is 24.3 Å². The molecule has 2 fully saturated rings. The van der Waals surface area contributed by atoms with Gasteiger partial charge in [0.15, 0.2) is 5.13 Å². The molecule has 2 aliphatic heterocycles. The Morgan fingerprint density at radius 3 is 2.37 bits per heavy atom. The molecule has 5 heterocycles. The molecule has 3 unspecified atom stereocenters. The van der Waals surface area contributed by atoms with E-state index in [4.69, 9.17) is 11.6 Å². The van der Waals surface area contributed by atoms with Crippen molar-refractivity contribution in [3.05, 3.63) is 92.8 Å². The molecular formula is C48H58ClN11O6S2. The molecule has 2 aliphatic rings. The maximum absolute atomic E-state index is 14.1. The lowest BCUT2D eigenvalue weighted by atomic mass is 9.85. The Bertz CT molecular complexity index is 2610. The molecule has 17 nitrogen and oxygen atoms in total. The van der Waals surface area contributed by atoms with Crippen LogP contribution >= 0.6 is 34.3 Å². The van der Waals surface area contributed by atoms with Gasteiger partial charge in [0.25, 0.3) is 5.91 Å². The number of aliphatic hydroxyl groups is 1. The zero-order valence-corrected chi connectivity index (χ0v) is 41.5. The predicted octanol–water partition coefficient (Wildman–Crippen LogP) is 6.65. The number of piperazine rings is 1. The molecule has 7 rings (SSSR count). The number of halogens is 1. The molecule has 0 aliphatic carbocycles. The van der Waals surface area contributed by atoms with E-state index >= 15 is 0 Å². The summed E-state index contributed by atoms with van der Waals surface area (Å²) in [5.41, 5.74) is 5.42. The second kappa shape index (κ2) is 21.9. The number of aromatic nitrogens is 4. The monoisotopic (exact) mass is 983 g/mol. The molecule has 2 saturated heterocycles. The van der Waals surface area contributed by atoms with E-state index in [-0.39, 0.29) is 56.0 Å². The maximum atomic E-state index is 14.1. The van der Waals surface area contributed by atoms with Gasteiger partial charge in [-0.15, -0.1) is 11.3 Å². The summed E-state index contributed by atoms with van der Waals surface area (Å²) in [7, 11) is 0. The van der Waals surface area contributed by atoms with Gasteiger partial charge in [-0.05, 0) is 61.8 Å². The average Bonchev–Trinajstić information content (AvgIpc) is 4.07. The lowest BCUT2D eigenvalue weighted by Gasteiger charge is -2.35. The maximum Gasteiger partial charge on any atom is 0.267 e. The fourth-order valence-electron chi connectivity index (χ4n) is 8.21. The predicted molar refractivity (Wildman–Crippen MR) is 265 cm³/mol. The first-order valence-electron chi connectivity index (χ1n) is 22.7. The Morgan fingerprint density at radius 1 is 0.941 bits per heavy atom. The fraction of sp³-hybridized carbons (Fsp3) is 0.438. The number of para-hydroxylation sites is 1. The second-order valence-electron chi connectivity index (χ2n) is 18.2. The minimum atomic E-state index is -0.940. The van der Waals surface area contributed by atoms with Crippen molar-refractivity contribution in [2.75, 3.05) is 48.3 Å². The Morgan fingerprint density at radius 2 is 1.68 bits per heavy atom. The first kappa shape index (κ1) is 49.9. The van der Waals surface area contributed by atoms with E-state index in [2.05, 4.69) is 46.1 Å². The lowest BCUT2D eigenvalue weighted by Crippen LogP contribution is -2.57. The van der Waals surface area contributed by atoms with Crippen LogP contribution in [0.25, 0.3) is 10.4 Å². The van der Waals surface area contributed by atoms with Gasteiger partial charge in [-0.2, -0.15) is 0 Å². The molecule has 5 aromatic rings. The Balaban J connectivity index is 0.841. The smallest absolute Gasteiger partial charge is 0.267 e. The molecule has 68 heavy (non-hydrogen) atoms. The fourth-order valence-corrected chi connectivity index (χ4v) is 10.0. The third-order valence-electron chi connectivity index (χ3n) is 12.0. The van der Waals surface area contributed by atoms with E-state index in [1.807, 2.05) is 87.5 Å². The van der Waals surface area contributed by atoms with Crippen molar-refractivity contribution in [2.45, 2.75) is 98.4 Å². The van der Waals surface area contributed by atoms with E-state index in [0.717, 1.165) is 27.3 Å². The Hall–Kier alpha value is -6.02. The van der Waals surface area contributed by atoms with Gasteiger partial charge < -0.3 is 41.1 Å². The molecule has 0 spiro atoms. The number of anilines is 4. The van der Waals surface area contributed by atoms with Gasteiger partial charge in [-0.25, -0.2) is 19.9 Å². The number of carbonyl (C=O) groups is 5. The van der Waals surface area contributed by atoms with Crippen LogP contribution in [0.2, 0.25) is 5.02 Å². The number of thiazole rings is 2. The van der Waals surface area contributed by atoms with Crippen LogP contribution in [-0.2, 0) is 25.7 Å².